The molecule has 1 aromatic carbocycles. The lowest BCUT2D eigenvalue weighted by Gasteiger charge is -2.16. The van der Waals surface area contributed by atoms with E-state index in [9.17, 15) is 4.79 Å². The van der Waals surface area contributed by atoms with Gasteiger partial charge in [0.1, 0.15) is 5.75 Å². The van der Waals surface area contributed by atoms with E-state index >= 15 is 0 Å². The average molecular weight is 355 g/mol. The van der Waals surface area contributed by atoms with Crippen LogP contribution in [0.3, 0.4) is 0 Å². The van der Waals surface area contributed by atoms with E-state index in [-0.39, 0.29) is 5.56 Å². The lowest BCUT2D eigenvalue weighted by atomic mass is 9.91. The molecule has 5 heteroatoms. The zero-order valence-electron chi connectivity index (χ0n) is 14.7. The van der Waals surface area contributed by atoms with Gasteiger partial charge in [0.25, 0.3) is 5.56 Å². The summed E-state index contributed by atoms with van der Waals surface area (Å²) < 4.78 is 5.48. The third-order valence-electron chi connectivity index (χ3n) is 4.37. The Morgan fingerprint density at radius 1 is 0.889 bits per heavy atom. The van der Waals surface area contributed by atoms with Crippen molar-refractivity contribution in [3.63, 3.8) is 0 Å². The van der Waals surface area contributed by atoms with Gasteiger partial charge in [0, 0.05) is 41.5 Å². The monoisotopic (exact) mass is 355 g/mol. The molecule has 4 aromatic rings. The van der Waals surface area contributed by atoms with Crippen LogP contribution in [-0.4, -0.2) is 22.1 Å². The van der Waals surface area contributed by atoms with Gasteiger partial charge < -0.3 is 9.72 Å². The number of pyridine rings is 3. The van der Waals surface area contributed by atoms with E-state index in [0.29, 0.717) is 16.9 Å². The first-order valence-corrected chi connectivity index (χ1v) is 8.50. The summed E-state index contributed by atoms with van der Waals surface area (Å²) >= 11 is 0. The molecular weight excluding hydrogens is 338 g/mol. The molecule has 0 bridgehead atoms. The van der Waals surface area contributed by atoms with Gasteiger partial charge in [-0.1, -0.05) is 36.4 Å². The highest BCUT2D eigenvalue weighted by Gasteiger charge is 2.20. The van der Waals surface area contributed by atoms with Crippen molar-refractivity contribution in [3.05, 3.63) is 89.7 Å². The number of methoxy groups -OCH3 is 1. The third-order valence-corrected chi connectivity index (χ3v) is 4.37. The molecule has 3 aromatic heterocycles. The number of hydrogen-bond donors (Lipinski definition) is 1. The molecule has 1 N–H and O–H groups in total. The van der Waals surface area contributed by atoms with Crippen molar-refractivity contribution in [1.29, 1.82) is 0 Å². The number of H-pyrrole nitrogens is 1. The van der Waals surface area contributed by atoms with E-state index in [0.717, 1.165) is 22.4 Å². The van der Waals surface area contributed by atoms with Crippen LogP contribution in [0.1, 0.15) is 0 Å². The molecule has 0 saturated carbocycles. The van der Waals surface area contributed by atoms with Crippen molar-refractivity contribution in [3.8, 4) is 39.3 Å². The highest BCUT2D eigenvalue weighted by atomic mass is 16.5. The van der Waals surface area contributed by atoms with Gasteiger partial charge in [0.05, 0.1) is 18.4 Å². The Balaban J connectivity index is 2.11. The highest BCUT2D eigenvalue weighted by Crippen LogP contribution is 2.39. The van der Waals surface area contributed by atoms with Gasteiger partial charge in [-0.3, -0.25) is 14.8 Å². The maximum atomic E-state index is 12.9. The Morgan fingerprint density at radius 3 is 2.44 bits per heavy atom. The van der Waals surface area contributed by atoms with Gasteiger partial charge in [-0.2, -0.15) is 0 Å². The lowest BCUT2D eigenvalue weighted by molar-refractivity contribution is 0.416. The SMILES string of the molecule is COc1ccncc1-c1c(-c2ccccc2)c(-c2ccccn2)c[nH]c1=O. The molecule has 0 aliphatic carbocycles. The predicted octanol–water partition coefficient (Wildman–Crippen LogP) is 4.17. The van der Waals surface area contributed by atoms with Gasteiger partial charge in [0.2, 0.25) is 0 Å². The molecule has 0 atom stereocenters. The van der Waals surface area contributed by atoms with Crippen LogP contribution in [0.2, 0.25) is 0 Å². The highest BCUT2D eigenvalue weighted by molar-refractivity contribution is 5.94. The Morgan fingerprint density at radius 2 is 1.70 bits per heavy atom. The van der Waals surface area contributed by atoms with Crippen molar-refractivity contribution >= 4 is 0 Å². The van der Waals surface area contributed by atoms with Crippen LogP contribution in [0.5, 0.6) is 5.75 Å². The van der Waals surface area contributed by atoms with Crippen molar-refractivity contribution in [2.45, 2.75) is 0 Å². The van der Waals surface area contributed by atoms with Crippen LogP contribution >= 0.6 is 0 Å². The largest absolute Gasteiger partial charge is 0.496 e. The van der Waals surface area contributed by atoms with Crippen LogP contribution < -0.4 is 10.3 Å². The molecule has 27 heavy (non-hydrogen) atoms. The fourth-order valence-corrected chi connectivity index (χ4v) is 3.16. The Bertz CT molecular complexity index is 1120. The van der Waals surface area contributed by atoms with Crippen molar-refractivity contribution < 1.29 is 4.74 Å². The molecule has 5 nitrogen and oxygen atoms in total. The van der Waals surface area contributed by atoms with Crippen LogP contribution in [0.4, 0.5) is 0 Å². The van der Waals surface area contributed by atoms with Gasteiger partial charge in [0.15, 0.2) is 0 Å². The summed E-state index contributed by atoms with van der Waals surface area (Å²) in [6.07, 6.45) is 6.73. The summed E-state index contributed by atoms with van der Waals surface area (Å²) in [5.41, 5.74) is 4.26. The topological polar surface area (TPSA) is 67.9 Å². The first-order valence-electron chi connectivity index (χ1n) is 8.50. The molecule has 0 unspecified atom stereocenters. The Kier molecular flexibility index (Phi) is 4.49. The number of nitrogens with zero attached hydrogens (tertiary/aromatic N) is 2. The number of ether oxygens (including phenoxy) is 1. The normalized spacial score (nSPS) is 10.6. The summed E-state index contributed by atoms with van der Waals surface area (Å²) in [6.45, 7) is 0. The summed E-state index contributed by atoms with van der Waals surface area (Å²) in [5, 5.41) is 0. The number of hydrogen-bond acceptors (Lipinski definition) is 4. The van der Waals surface area contributed by atoms with Crippen LogP contribution in [-0.2, 0) is 0 Å². The summed E-state index contributed by atoms with van der Waals surface area (Å²) in [7, 11) is 1.58. The van der Waals surface area contributed by atoms with Crippen molar-refractivity contribution in [1.82, 2.24) is 15.0 Å². The second kappa shape index (κ2) is 7.25. The molecule has 0 aliphatic rings. The van der Waals surface area contributed by atoms with E-state index in [2.05, 4.69) is 15.0 Å². The third kappa shape index (κ3) is 3.11. The molecule has 132 valence electrons. The minimum absolute atomic E-state index is 0.208. The minimum atomic E-state index is -0.208. The van der Waals surface area contributed by atoms with Crippen molar-refractivity contribution in [2.24, 2.45) is 0 Å². The fourth-order valence-electron chi connectivity index (χ4n) is 3.16. The summed E-state index contributed by atoms with van der Waals surface area (Å²) in [4.78, 5) is 24.4. The number of nitrogens with one attached hydrogen (secondary N) is 1. The van der Waals surface area contributed by atoms with Crippen molar-refractivity contribution in [2.75, 3.05) is 7.11 Å². The number of benzene rings is 1. The minimum Gasteiger partial charge on any atom is -0.496 e. The molecule has 0 amide bonds. The zero-order valence-corrected chi connectivity index (χ0v) is 14.7. The number of rotatable bonds is 4. The molecule has 0 saturated heterocycles. The molecule has 3 heterocycles. The first-order chi connectivity index (χ1) is 13.3. The average Bonchev–Trinajstić information content (AvgIpc) is 2.74. The first kappa shape index (κ1) is 16.7. The quantitative estimate of drug-likeness (QED) is 0.596. The van der Waals surface area contributed by atoms with Gasteiger partial charge in [-0.25, -0.2) is 0 Å². The number of aromatic amines is 1. The van der Waals surface area contributed by atoms with Gasteiger partial charge in [-0.05, 0) is 23.8 Å². The van der Waals surface area contributed by atoms with Crippen LogP contribution in [0.25, 0.3) is 33.5 Å². The van der Waals surface area contributed by atoms with Crippen LogP contribution in [0, 0.1) is 0 Å². The van der Waals surface area contributed by atoms with Crippen LogP contribution in [0.15, 0.2) is 84.2 Å². The molecule has 0 spiro atoms. The maximum absolute atomic E-state index is 12.9. The Hall–Kier alpha value is -3.73. The van der Waals surface area contributed by atoms with E-state index in [1.165, 1.54) is 0 Å². The predicted molar refractivity (Wildman–Crippen MR) is 106 cm³/mol. The fraction of sp³-hybridized carbons (Fsp3) is 0.0455. The standard InChI is InChI=1S/C22H17N3O2/c1-27-19-10-12-23-13-17(19)21-20(15-7-3-2-4-8-15)16(14-25-22(21)26)18-9-5-6-11-24-18/h2-14H,1H3,(H,25,26). The maximum Gasteiger partial charge on any atom is 0.256 e. The smallest absolute Gasteiger partial charge is 0.256 e. The second-order valence-corrected chi connectivity index (χ2v) is 5.94. The molecular formula is C22H17N3O2. The van der Waals surface area contributed by atoms with Gasteiger partial charge in [-0.15, -0.1) is 0 Å². The van der Waals surface area contributed by atoms with Gasteiger partial charge >= 0.3 is 0 Å². The Labute approximate surface area is 156 Å². The van der Waals surface area contributed by atoms with E-state index in [1.54, 1.807) is 38.0 Å². The zero-order chi connectivity index (χ0) is 18.6. The summed E-state index contributed by atoms with van der Waals surface area (Å²) in [5.74, 6) is 0.589. The molecule has 0 radical (unpaired) electrons. The molecule has 4 rings (SSSR count). The van der Waals surface area contributed by atoms with E-state index in [4.69, 9.17) is 4.74 Å². The molecule has 0 fully saturated rings. The summed E-state index contributed by atoms with van der Waals surface area (Å²) in [6, 6.07) is 17.3. The lowest BCUT2D eigenvalue weighted by Crippen LogP contribution is -2.12. The van der Waals surface area contributed by atoms with E-state index in [1.807, 2.05) is 48.5 Å². The second-order valence-electron chi connectivity index (χ2n) is 5.94. The number of aromatic nitrogens is 3. The van der Waals surface area contributed by atoms with E-state index < -0.39 is 0 Å². The molecule has 0 aliphatic heterocycles.